The molecule has 0 N–H and O–H groups in total. The van der Waals surface area contributed by atoms with E-state index in [1.54, 1.807) is 16.9 Å². The molecule has 9 nitrogen and oxygen atoms in total. The van der Waals surface area contributed by atoms with Crippen LogP contribution in [0.25, 0.3) is 16.9 Å². The largest absolute Gasteiger partial charge is 0.416 e. The van der Waals surface area contributed by atoms with Gasteiger partial charge in [0.15, 0.2) is 5.78 Å². The first-order valence-corrected chi connectivity index (χ1v) is 14.6. The van der Waals surface area contributed by atoms with Gasteiger partial charge < -0.3 is 19.4 Å². The van der Waals surface area contributed by atoms with Gasteiger partial charge in [-0.3, -0.25) is 9.78 Å². The lowest BCUT2D eigenvalue weighted by atomic mass is 9.98. The topological polar surface area (TPSA) is 79.6 Å². The first-order valence-electron chi connectivity index (χ1n) is 14.6. The number of hydrogen-bond donors (Lipinski definition) is 0. The number of nitrogens with zero attached hydrogens (tertiary/aromatic N) is 7. The van der Waals surface area contributed by atoms with Crippen molar-refractivity contribution in [1.82, 2.24) is 24.9 Å². The summed E-state index contributed by atoms with van der Waals surface area (Å²) in [5.74, 6) is -0.383. The third kappa shape index (κ3) is 6.61. The molecule has 2 aromatic carbocycles. The molecular formula is C32H34F3N7O2. The summed E-state index contributed by atoms with van der Waals surface area (Å²) in [6.07, 6.45) is 0.762. The van der Waals surface area contributed by atoms with E-state index in [1.807, 2.05) is 55.5 Å². The molecule has 2 aromatic heterocycles. The van der Waals surface area contributed by atoms with E-state index < -0.39 is 11.7 Å². The minimum Gasteiger partial charge on any atom is -0.378 e. The predicted octanol–water partition coefficient (Wildman–Crippen LogP) is 4.67. The van der Waals surface area contributed by atoms with Gasteiger partial charge >= 0.3 is 6.18 Å². The number of morpholine rings is 1. The number of Topliss-reactive ketones (excluding diaryl/α,β-unsaturated/α-hetero) is 1. The number of pyridine rings is 1. The van der Waals surface area contributed by atoms with Crippen LogP contribution in [0.2, 0.25) is 0 Å². The number of carbonyl (C=O) groups excluding carboxylic acids is 1. The van der Waals surface area contributed by atoms with Gasteiger partial charge in [0.05, 0.1) is 42.5 Å². The van der Waals surface area contributed by atoms with Gasteiger partial charge in [-0.15, -0.1) is 5.10 Å². The summed E-state index contributed by atoms with van der Waals surface area (Å²) in [6, 6.07) is 11.2. The van der Waals surface area contributed by atoms with E-state index in [0.29, 0.717) is 43.2 Å². The van der Waals surface area contributed by atoms with Crippen LogP contribution in [0.15, 0.2) is 61.1 Å². The number of carbonyl (C=O) groups is 1. The van der Waals surface area contributed by atoms with E-state index in [1.165, 1.54) is 0 Å². The van der Waals surface area contributed by atoms with Gasteiger partial charge in [0, 0.05) is 68.7 Å². The summed E-state index contributed by atoms with van der Waals surface area (Å²) in [6.45, 7) is 7.53. The van der Waals surface area contributed by atoms with Crippen molar-refractivity contribution in [2.75, 3.05) is 69.3 Å². The first kappa shape index (κ1) is 29.8. The number of benzene rings is 2. The quantitative estimate of drug-likeness (QED) is 0.282. The molecule has 0 radical (unpaired) electrons. The van der Waals surface area contributed by atoms with E-state index in [0.717, 1.165) is 60.8 Å². The Kier molecular flexibility index (Phi) is 8.37. The highest BCUT2D eigenvalue weighted by atomic mass is 19.4. The summed E-state index contributed by atoms with van der Waals surface area (Å²) in [5.41, 5.74) is 4.42. The Morgan fingerprint density at radius 3 is 2.41 bits per heavy atom. The van der Waals surface area contributed by atoms with Crippen molar-refractivity contribution in [3.63, 3.8) is 0 Å². The zero-order valence-corrected chi connectivity index (χ0v) is 24.7. The summed E-state index contributed by atoms with van der Waals surface area (Å²) >= 11 is 0. The van der Waals surface area contributed by atoms with Crippen LogP contribution in [0.5, 0.6) is 0 Å². The van der Waals surface area contributed by atoms with Crippen molar-refractivity contribution in [1.29, 1.82) is 0 Å². The maximum atomic E-state index is 13.8. The number of ketones is 1. The second-order valence-electron chi connectivity index (χ2n) is 11.4. The standard InChI is InChI=1S/C32H34F3N7O2/c1-22-3-4-23(14-31(43)24-15-26(32(33,34)35)18-27(16-24)40-7-5-39(2)6-8-40)13-30(22)42-21-29(37-38-42)25-17-28(20-36-19-25)41-9-11-44-12-10-41/h3-4,13,15-21H,5-12,14H2,1-2H3. The van der Waals surface area contributed by atoms with Crippen molar-refractivity contribution in [3.8, 4) is 16.9 Å². The van der Waals surface area contributed by atoms with Crippen LogP contribution in [0.4, 0.5) is 24.5 Å². The number of piperazine rings is 1. The molecular weight excluding hydrogens is 571 g/mol. The molecule has 6 rings (SSSR count). The van der Waals surface area contributed by atoms with Gasteiger partial charge in [-0.05, 0) is 55.4 Å². The molecule has 2 saturated heterocycles. The van der Waals surface area contributed by atoms with Crippen molar-refractivity contribution in [3.05, 3.63) is 83.3 Å². The number of aryl methyl sites for hydroxylation is 1. The Morgan fingerprint density at radius 2 is 1.66 bits per heavy atom. The van der Waals surface area contributed by atoms with Crippen LogP contribution in [-0.2, 0) is 17.3 Å². The first-order chi connectivity index (χ1) is 21.1. The summed E-state index contributed by atoms with van der Waals surface area (Å²) in [7, 11) is 1.98. The Labute approximate surface area is 253 Å². The van der Waals surface area contributed by atoms with Crippen LogP contribution in [0.1, 0.15) is 27.0 Å². The molecule has 4 aromatic rings. The smallest absolute Gasteiger partial charge is 0.378 e. The van der Waals surface area contributed by atoms with E-state index in [4.69, 9.17) is 4.74 Å². The Bertz CT molecular complexity index is 1640. The number of likely N-dealkylation sites (N-methyl/N-ethyl adjacent to an activating group) is 1. The van der Waals surface area contributed by atoms with Gasteiger partial charge in [0.1, 0.15) is 5.69 Å². The third-order valence-corrected chi connectivity index (χ3v) is 8.21. The van der Waals surface area contributed by atoms with Crippen molar-refractivity contribution < 1.29 is 22.7 Å². The number of hydrogen-bond acceptors (Lipinski definition) is 8. The highest BCUT2D eigenvalue weighted by Crippen LogP contribution is 2.34. The van der Waals surface area contributed by atoms with Crippen LogP contribution >= 0.6 is 0 Å². The number of aromatic nitrogens is 4. The normalized spacial score (nSPS) is 16.4. The second kappa shape index (κ2) is 12.4. The third-order valence-electron chi connectivity index (χ3n) is 8.21. The second-order valence-corrected chi connectivity index (χ2v) is 11.4. The van der Waals surface area contributed by atoms with E-state index >= 15 is 0 Å². The van der Waals surface area contributed by atoms with Gasteiger partial charge in [-0.1, -0.05) is 17.3 Å². The van der Waals surface area contributed by atoms with Crippen LogP contribution in [0, 0.1) is 6.92 Å². The van der Waals surface area contributed by atoms with E-state index in [9.17, 15) is 18.0 Å². The minimum atomic E-state index is -4.56. The molecule has 4 heterocycles. The van der Waals surface area contributed by atoms with Gasteiger partial charge in [-0.2, -0.15) is 13.2 Å². The van der Waals surface area contributed by atoms with Crippen molar-refractivity contribution in [2.45, 2.75) is 19.5 Å². The fraction of sp³-hybridized carbons (Fsp3) is 0.375. The number of alkyl halides is 3. The van der Waals surface area contributed by atoms with Crippen LogP contribution in [-0.4, -0.2) is 90.2 Å². The number of anilines is 2. The summed E-state index contributed by atoms with van der Waals surface area (Å²) < 4.78 is 48.6. The zero-order chi connectivity index (χ0) is 30.8. The molecule has 0 atom stereocenters. The molecule has 12 heteroatoms. The lowest BCUT2D eigenvalue weighted by molar-refractivity contribution is -0.137. The lowest BCUT2D eigenvalue weighted by Gasteiger charge is -2.34. The predicted molar refractivity (Wildman–Crippen MR) is 162 cm³/mol. The fourth-order valence-electron chi connectivity index (χ4n) is 5.56. The molecule has 230 valence electrons. The average molecular weight is 606 g/mol. The number of rotatable bonds is 7. The SMILES string of the molecule is Cc1ccc(CC(=O)c2cc(N3CCN(C)CC3)cc(C(F)(F)F)c2)cc1-n1cc(-c2cncc(N3CCOCC3)c2)nn1. The Balaban J connectivity index is 1.23. The molecule has 2 aliphatic rings. The fourth-order valence-corrected chi connectivity index (χ4v) is 5.56. The zero-order valence-electron chi connectivity index (χ0n) is 24.7. The highest BCUT2D eigenvalue weighted by Gasteiger charge is 2.32. The molecule has 0 saturated carbocycles. The average Bonchev–Trinajstić information content (AvgIpc) is 3.52. The van der Waals surface area contributed by atoms with Crippen LogP contribution < -0.4 is 9.80 Å². The molecule has 0 bridgehead atoms. The lowest BCUT2D eigenvalue weighted by Crippen LogP contribution is -2.44. The highest BCUT2D eigenvalue weighted by molar-refractivity contribution is 5.98. The van der Waals surface area contributed by atoms with E-state index in [2.05, 4.69) is 25.1 Å². The van der Waals surface area contributed by atoms with Gasteiger partial charge in [-0.25, -0.2) is 4.68 Å². The molecule has 2 fully saturated rings. The maximum absolute atomic E-state index is 13.8. The number of halogens is 3. The Morgan fingerprint density at radius 1 is 0.909 bits per heavy atom. The van der Waals surface area contributed by atoms with Crippen LogP contribution in [0.3, 0.4) is 0 Å². The molecule has 0 unspecified atom stereocenters. The Hall–Kier alpha value is -4.29. The summed E-state index contributed by atoms with van der Waals surface area (Å²) in [5, 5.41) is 8.71. The van der Waals surface area contributed by atoms with Crippen molar-refractivity contribution >= 4 is 17.2 Å². The van der Waals surface area contributed by atoms with E-state index in [-0.39, 0.29) is 17.8 Å². The van der Waals surface area contributed by atoms with Crippen molar-refractivity contribution in [2.24, 2.45) is 0 Å². The molecule has 2 aliphatic heterocycles. The molecule has 44 heavy (non-hydrogen) atoms. The monoisotopic (exact) mass is 605 g/mol. The summed E-state index contributed by atoms with van der Waals surface area (Å²) in [4.78, 5) is 24.1. The minimum absolute atomic E-state index is 0.0477. The molecule has 0 spiro atoms. The number of ether oxygens (including phenoxy) is 1. The van der Waals surface area contributed by atoms with Gasteiger partial charge in [0.25, 0.3) is 0 Å². The molecule has 0 amide bonds. The van der Waals surface area contributed by atoms with Gasteiger partial charge in [0.2, 0.25) is 0 Å². The molecule has 0 aliphatic carbocycles. The maximum Gasteiger partial charge on any atom is 0.416 e.